The monoisotopic (exact) mass is 1150 g/mol. The second-order valence-corrected chi connectivity index (χ2v) is 22.2. The van der Waals surface area contributed by atoms with Crippen LogP contribution in [0.1, 0.15) is 117 Å². The molecule has 4 aromatic rings. The highest BCUT2D eigenvalue weighted by molar-refractivity contribution is 5.94. The normalized spacial score (nSPS) is 22.2. The predicted octanol–water partition coefficient (Wildman–Crippen LogP) is 1.28. The molecule has 5 heterocycles. The largest absolute Gasteiger partial charge is 0.479 e. The number of rotatable bonds is 22. The van der Waals surface area contributed by atoms with Crippen molar-refractivity contribution in [1.82, 2.24) is 30.8 Å². The zero-order chi connectivity index (χ0) is 59.7. The van der Waals surface area contributed by atoms with Gasteiger partial charge in [-0.2, -0.15) is 0 Å². The Balaban J connectivity index is 0.938. The van der Waals surface area contributed by atoms with Gasteiger partial charge in [0.25, 0.3) is 5.56 Å². The number of pyridine rings is 2. The number of aryl methyl sites for hydroxylation is 1. The van der Waals surface area contributed by atoms with Crippen LogP contribution in [0.5, 0.6) is 5.75 Å². The Morgan fingerprint density at radius 3 is 2.40 bits per heavy atom. The number of amides is 4. The van der Waals surface area contributed by atoms with Crippen LogP contribution >= 0.6 is 0 Å². The summed E-state index contributed by atoms with van der Waals surface area (Å²) in [7, 11) is 1.58. The summed E-state index contributed by atoms with van der Waals surface area (Å²) in [4.78, 5) is 96.1. The number of benzene rings is 2. The summed E-state index contributed by atoms with van der Waals surface area (Å²) in [5.74, 6) is -4.68. The van der Waals surface area contributed by atoms with E-state index >= 15 is 4.39 Å². The van der Waals surface area contributed by atoms with Crippen LogP contribution in [0.4, 0.5) is 9.18 Å². The SMILES string of the molecule is CCC1(O)C(=O)OCc2c1cc1n(c2=O)Cc2c-1nc1cc(F)c(C)c3c1c2C(NC(=O)OCc1ccc(OC2OC(C(=O)O)C(O)C(O)C2O)c(CNC(=O)CCNC(=O)C(N)CNC(=O)CCC(C)(C)OCC(C)(C)OC)c1)CC3. The summed E-state index contributed by atoms with van der Waals surface area (Å²) in [6.07, 6.45) is -9.85. The highest BCUT2D eigenvalue weighted by Gasteiger charge is 2.49. The van der Waals surface area contributed by atoms with E-state index in [2.05, 4.69) is 21.3 Å². The summed E-state index contributed by atoms with van der Waals surface area (Å²) in [6, 6.07) is 5.24. The minimum absolute atomic E-state index is 0.000402. The van der Waals surface area contributed by atoms with Crippen LogP contribution in [0.3, 0.4) is 0 Å². The van der Waals surface area contributed by atoms with Gasteiger partial charge in [-0.3, -0.25) is 19.2 Å². The Morgan fingerprint density at radius 1 is 0.963 bits per heavy atom. The van der Waals surface area contributed by atoms with E-state index < -0.39 is 101 Å². The van der Waals surface area contributed by atoms with Gasteiger partial charge in [-0.25, -0.2) is 23.8 Å². The van der Waals surface area contributed by atoms with Gasteiger partial charge >= 0.3 is 18.0 Å². The van der Waals surface area contributed by atoms with E-state index in [4.69, 9.17) is 39.1 Å². The fourth-order valence-corrected chi connectivity index (χ4v) is 10.3. The maximum atomic E-state index is 15.5. The average molecular weight is 1150 g/mol. The summed E-state index contributed by atoms with van der Waals surface area (Å²) in [5.41, 5.74) is 6.11. The molecule has 82 heavy (non-hydrogen) atoms. The number of carbonyl (C=O) groups is 6. The maximum Gasteiger partial charge on any atom is 0.407 e. The first-order chi connectivity index (χ1) is 38.7. The lowest BCUT2D eigenvalue weighted by atomic mass is 9.81. The van der Waals surface area contributed by atoms with E-state index in [0.717, 1.165) is 0 Å². The molecule has 1 fully saturated rings. The number of fused-ring (bicyclic) bond motifs is 5. The molecule has 3 aliphatic heterocycles. The highest BCUT2D eigenvalue weighted by atomic mass is 19.1. The first-order valence-electron chi connectivity index (χ1n) is 26.9. The molecule has 1 saturated heterocycles. The van der Waals surface area contributed by atoms with Gasteiger partial charge in [0.15, 0.2) is 11.7 Å². The van der Waals surface area contributed by atoms with Gasteiger partial charge in [0.2, 0.25) is 24.0 Å². The number of alkyl carbamates (subject to hydrolysis) is 1. The molecular formula is C56H70FN7O18. The van der Waals surface area contributed by atoms with Crippen LogP contribution in [0.2, 0.25) is 0 Å². The Kier molecular flexibility index (Phi) is 18.1. The van der Waals surface area contributed by atoms with Gasteiger partial charge < -0.3 is 85.5 Å². The molecule has 1 aliphatic carbocycles. The third kappa shape index (κ3) is 12.7. The molecule has 11 N–H and O–H groups in total. The number of carboxylic acid groups (broad SMARTS) is 1. The summed E-state index contributed by atoms with van der Waals surface area (Å²) in [5, 5.41) is 64.0. The molecule has 25 nitrogen and oxygen atoms in total. The number of carboxylic acids is 1. The first-order valence-corrected chi connectivity index (χ1v) is 26.9. The van der Waals surface area contributed by atoms with E-state index in [1.807, 2.05) is 27.7 Å². The molecule has 8 rings (SSSR count). The van der Waals surface area contributed by atoms with E-state index in [0.29, 0.717) is 64.0 Å². The van der Waals surface area contributed by atoms with Crippen LogP contribution in [0.15, 0.2) is 35.1 Å². The van der Waals surface area contributed by atoms with Gasteiger partial charge in [0.05, 0.1) is 52.9 Å². The number of aromatic nitrogens is 2. The highest BCUT2D eigenvalue weighted by Crippen LogP contribution is 2.46. The molecule has 4 aliphatic rings. The van der Waals surface area contributed by atoms with Crippen molar-refractivity contribution in [3.63, 3.8) is 0 Å². The van der Waals surface area contributed by atoms with Crippen molar-refractivity contribution >= 4 is 46.7 Å². The van der Waals surface area contributed by atoms with Crippen LogP contribution in [-0.2, 0) is 86.0 Å². The zero-order valence-electron chi connectivity index (χ0n) is 46.5. The second-order valence-electron chi connectivity index (χ2n) is 22.2. The molecule has 4 amide bonds. The van der Waals surface area contributed by atoms with Crippen molar-refractivity contribution in [3.05, 3.63) is 91.0 Å². The number of cyclic esters (lactones) is 1. The molecule has 8 atom stereocenters. The van der Waals surface area contributed by atoms with Crippen molar-refractivity contribution in [2.75, 3.05) is 26.8 Å². The fourth-order valence-electron chi connectivity index (χ4n) is 10.3. The number of nitrogens with two attached hydrogens (primary N) is 1. The Bertz CT molecular complexity index is 3240. The number of nitrogens with zero attached hydrogens (tertiary/aromatic N) is 2. The number of hydrogen-bond acceptors (Lipinski definition) is 19. The Hall–Kier alpha value is -7.17. The molecule has 2 aromatic carbocycles. The number of aliphatic hydroxyl groups excluding tert-OH is 3. The molecule has 0 radical (unpaired) electrons. The van der Waals surface area contributed by atoms with Crippen LogP contribution < -0.4 is 37.3 Å². The number of hydrogen-bond donors (Lipinski definition) is 10. The molecule has 26 heteroatoms. The third-order valence-electron chi connectivity index (χ3n) is 15.5. The first kappa shape index (κ1) is 60.9. The van der Waals surface area contributed by atoms with Gasteiger partial charge in [-0.15, -0.1) is 0 Å². The zero-order valence-corrected chi connectivity index (χ0v) is 46.5. The number of carbonyl (C=O) groups excluding carboxylic acids is 5. The minimum Gasteiger partial charge on any atom is -0.479 e. The van der Waals surface area contributed by atoms with Crippen LogP contribution in [-0.4, -0.2) is 146 Å². The fraction of sp³-hybridized carbons (Fsp3) is 0.536. The molecule has 0 spiro atoms. The summed E-state index contributed by atoms with van der Waals surface area (Å²) in [6.45, 7) is 9.65. The smallest absolute Gasteiger partial charge is 0.407 e. The predicted molar refractivity (Wildman–Crippen MR) is 286 cm³/mol. The molecule has 0 saturated carbocycles. The Morgan fingerprint density at radius 2 is 1.70 bits per heavy atom. The molecule has 8 unspecified atom stereocenters. The van der Waals surface area contributed by atoms with Crippen molar-refractivity contribution in [2.24, 2.45) is 5.73 Å². The van der Waals surface area contributed by atoms with Crippen LogP contribution in [0, 0.1) is 12.7 Å². The van der Waals surface area contributed by atoms with E-state index in [1.165, 1.54) is 28.8 Å². The molecular weight excluding hydrogens is 1080 g/mol. The summed E-state index contributed by atoms with van der Waals surface area (Å²) >= 11 is 0. The van der Waals surface area contributed by atoms with Gasteiger partial charge in [0, 0.05) is 67.7 Å². The molecule has 444 valence electrons. The van der Waals surface area contributed by atoms with E-state index in [-0.39, 0.29) is 98.9 Å². The summed E-state index contributed by atoms with van der Waals surface area (Å²) < 4.78 is 50.5. The third-order valence-corrected chi connectivity index (χ3v) is 15.5. The van der Waals surface area contributed by atoms with E-state index in [9.17, 15) is 59.1 Å². The number of nitrogens with one attached hydrogen (secondary N) is 4. The lowest BCUT2D eigenvalue weighted by Crippen LogP contribution is -2.61. The van der Waals surface area contributed by atoms with Gasteiger partial charge in [-0.05, 0) is 101 Å². The number of halogens is 1. The molecule has 2 aromatic heterocycles. The van der Waals surface area contributed by atoms with Crippen molar-refractivity contribution in [1.29, 1.82) is 0 Å². The van der Waals surface area contributed by atoms with Gasteiger partial charge in [0.1, 0.15) is 49.1 Å². The second kappa shape index (κ2) is 24.3. The lowest BCUT2D eigenvalue weighted by molar-refractivity contribution is -0.271. The van der Waals surface area contributed by atoms with Crippen LogP contribution in [0.25, 0.3) is 22.3 Å². The van der Waals surface area contributed by atoms with Crippen molar-refractivity contribution in [2.45, 2.75) is 166 Å². The molecule has 0 bridgehead atoms. The van der Waals surface area contributed by atoms with Gasteiger partial charge in [-0.1, -0.05) is 13.0 Å². The maximum absolute atomic E-state index is 15.5. The quantitative estimate of drug-likeness (QED) is 0.0436. The van der Waals surface area contributed by atoms with Crippen molar-refractivity contribution in [3.8, 4) is 17.1 Å². The minimum atomic E-state index is -2.09. The number of esters is 1. The van der Waals surface area contributed by atoms with E-state index in [1.54, 1.807) is 27.0 Å². The lowest BCUT2D eigenvalue weighted by Gasteiger charge is -2.38. The number of ether oxygens (including phenoxy) is 6. The number of methoxy groups -OCH3 is 1. The number of aliphatic hydroxyl groups is 4. The van der Waals surface area contributed by atoms with Crippen molar-refractivity contribution < 1.29 is 87.1 Å². The standard InChI is InChI=1S/C56H70FN7O18/c1-8-56(76)32-18-37-43-30(22-64(37)49(71)31(32)24-78-52(56)74)42-35(11-10-29-26(2)33(57)19-36(62-43)41(29)42)63-53(75)79-23-27-9-12-38(81-51-46(69)44(67)45(68)47(82-51)50(72)73)28(17-27)20-60-40(66)14-16-59-48(70)34(58)21-61-39(65)13-15-54(3,4)80-25-55(5,6)77-7/h9,12,17-19,34-35,44-47,51,67-69,76H,8,10-11,13-16,20-25,58H2,1-7H3,(H,59,70)(H,60,66)(H,61,65)(H,63,75)(H,72,73). The average Bonchev–Trinajstić information content (AvgIpc) is 4.06. The number of aliphatic carboxylic acids is 1. The topological polar surface area (TPSA) is 368 Å². The Labute approximate surface area is 469 Å².